The van der Waals surface area contributed by atoms with E-state index in [0.29, 0.717) is 21.1 Å². The van der Waals surface area contributed by atoms with E-state index in [1.165, 1.54) is 11.3 Å². The van der Waals surface area contributed by atoms with Crippen LogP contribution in [0.3, 0.4) is 0 Å². The van der Waals surface area contributed by atoms with E-state index in [4.69, 9.17) is 27.6 Å². The molecule has 1 N–H and O–H groups in total. The van der Waals surface area contributed by atoms with Crippen LogP contribution in [0.1, 0.15) is 19.0 Å². The Morgan fingerprint density at radius 1 is 1.47 bits per heavy atom. The number of hydrogen-bond donors (Lipinski definition) is 1. The van der Waals surface area contributed by atoms with Crippen LogP contribution in [0.25, 0.3) is 11.5 Å². The number of nitrogens with zero attached hydrogens (tertiary/aromatic N) is 1. The molecule has 2 aromatic heterocycles. The smallest absolute Gasteiger partial charge is 0.228 e. The van der Waals surface area contributed by atoms with Crippen molar-refractivity contribution >= 4 is 34.5 Å². The number of aromatic nitrogens is 1. The lowest BCUT2D eigenvalue weighted by atomic mass is 10.3. The van der Waals surface area contributed by atoms with Crippen LogP contribution in [0.2, 0.25) is 8.67 Å². The predicted molar refractivity (Wildman–Crippen MR) is 71.8 cm³/mol. The molecule has 17 heavy (non-hydrogen) atoms. The highest BCUT2D eigenvalue weighted by atomic mass is 35.5. The number of thiophene rings is 1. The zero-order valence-electron chi connectivity index (χ0n) is 9.30. The molecule has 3 nitrogen and oxygen atoms in total. The minimum atomic E-state index is 0.520. The van der Waals surface area contributed by atoms with Crippen LogP contribution in [0.15, 0.2) is 16.7 Å². The van der Waals surface area contributed by atoms with Crippen molar-refractivity contribution in [3.05, 3.63) is 26.7 Å². The summed E-state index contributed by atoms with van der Waals surface area (Å²) >= 11 is 13.2. The fourth-order valence-electron chi connectivity index (χ4n) is 1.39. The van der Waals surface area contributed by atoms with Gasteiger partial charge in [-0.1, -0.05) is 30.1 Å². The van der Waals surface area contributed by atoms with Crippen LogP contribution in [-0.2, 0) is 6.54 Å². The maximum Gasteiger partial charge on any atom is 0.228 e. The van der Waals surface area contributed by atoms with Crippen LogP contribution >= 0.6 is 34.5 Å². The lowest BCUT2D eigenvalue weighted by molar-refractivity contribution is 0.570. The van der Waals surface area contributed by atoms with E-state index < -0.39 is 0 Å². The van der Waals surface area contributed by atoms with Crippen LogP contribution in [-0.4, -0.2) is 11.5 Å². The first kappa shape index (κ1) is 12.9. The van der Waals surface area contributed by atoms with Gasteiger partial charge in [0.05, 0.1) is 15.6 Å². The van der Waals surface area contributed by atoms with E-state index >= 15 is 0 Å². The molecule has 0 aliphatic carbocycles. The summed E-state index contributed by atoms with van der Waals surface area (Å²) in [5.74, 6) is 0.520. The molecule has 0 aromatic carbocycles. The average Bonchev–Trinajstić information content (AvgIpc) is 2.86. The molecular formula is C11H12Cl2N2OS. The molecule has 0 saturated carbocycles. The van der Waals surface area contributed by atoms with Crippen molar-refractivity contribution in [3.63, 3.8) is 0 Å². The summed E-state index contributed by atoms with van der Waals surface area (Å²) in [7, 11) is 0. The molecule has 0 aliphatic rings. The SMILES string of the molecule is CCCNCc1coc(-c2cc(Cl)sc2Cl)n1. The number of oxazole rings is 1. The van der Waals surface area contributed by atoms with Crippen molar-refractivity contribution in [2.75, 3.05) is 6.54 Å². The molecule has 2 heterocycles. The maximum atomic E-state index is 6.03. The Kier molecular flexibility index (Phi) is 4.45. The Morgan fingerprint density at radius 3 is 2.94 bits per heavy atom. The largest absolute Gasteiger partial charge is 0.444 e. The Labute approximate surface area is 114 Å². The van der Waals surface area contributed by atoms with Gasteiger partial charge in [-0.15, -0.1) is 11.3 Å². The number of nitrogens with one attached hydrogen (secondary N) is 1. The fourth-order valence-corrected chi connectivity index (χ4v) is 2.84. The molecule has 0 amide bonds. The highest BCUT2D eigenvalue weighted by Gasteiger charge is 2.13. The fraction of sp³-hybridized carbons (Fsp3) is 0.364. The minimum Gasteiger partial charge on any atom is -0.444 e. The molecule has 2 aromatic rings. The lowest BCUT2D eigenvalue weighted by Crippen LogP contribution is -2.13. The monoisotopic (exact) mass is 290 g/mol. The Balaban J connectivity index is 2.10. The highest BCUT2D eigenvalue weighted by molar-refractivity contribution is 7.20. The summed E-state index contributed by atoms with van der Waals surface area (Å²) in [6, 6.07) is 1.77. The van der Waals surface area contributed by atoms with Gasteiger partial charge in [-0.05, 0) is 19.0 Å². The van der Waals surface area contributed by atoms with Crippen LogP contribution in [0.4, 0.5) is 0 Å². The first-order valence-corrected chi connectivity index (χ1v) is 6.88. The summed E-state index contributed by atoms with van der Waals surface area (Å²) < 4.78 is 6.62. The molecule has 2 rings (SSSR count). The van der Waals surface area contributed by atoms with Gasteiger partial charge in [0.15, 0.2) is 0 Å². The van der Waals surface area contributed by atoms with Crippen molar-refractivity contribution in [2.24, 2.45) is 0 Å². The quantitative estimate of drug-likeness (QED) is 0.839. The molecular weight excluding hydrogens is 279 g/mol. The summed E-state index contributed by atoms with van der Waals surface area (Å²) in [4.78, 5) is 4.36. The molecule has 0 radical (unpaired) electrons. The van der Waals surface area contributed by atoms with Crippen LogP contribution in [0.5, 0.6) is 0 Å². The van der Waals surface area contributed by atoms with Crippen molar-refractivity contribution in [1.29, 1.82) is 0 Å². The first-order chi connectivity index (χ1) is 8.20. The van der Waals surface area contributed by atoms with Gasteiger partial charge in [0.1, 0.15) is 10.6 Å². The van der Waals surface area contributed by atoms with Crippen molar-refractivity contribution in [2.45, 2.75) is 19.9 Å². The lowest BCUT2D eigenvalue weighted by Gasteiger charge is -1.96. The second kappa shape index (κ2) is 5.87. The van der Waals surface area contributed by atoms with Gasteiger partial charge in [0, 0.05) is 6.54 Å². The topological polar surface area (TPSA) is 38.1 Å². The maximum absolute atomic E-state index is 6.03. The van der Waals surface area contributed by atoms with Gasteiger partial charge in [-0.25, -0.2) is 4.98 Å². The first-order valence-electron chi connectivity index (χ1n) is 5.31. The zero-order valence-corrected chi connectivity index (χ0v) is 11.6. The summed E-state index contributed by atoms with van der Waals surface area (Å²) in [5.41, 5.74) is 1.62. The second-order valence-electron chi connectivity index (χ2n) is 3.56. The average molecular weight is 291 g/mol. The normalized spacial score (nSPS) is 11.0. The third-order valence-electron chi connectivity index (χ3n) is 2.17. The van der Waals surface area contributed by atoms with E-state index in [0.717, 1.165) is 24.2 Å². The van der Waals surface area contributed by atoms with Crippen molar-refractivity contribution in [1.82, 2.24) is 10.3 Å². The van der Waals surface area contributed by atoms with E-state index in [-0.39, 0.29) is 0 Å². The van der Waals surface area contributed by atoms with E-state index in [1.807, 2.05) is 0 Å². The van der Waals surface area contributed by atoms with E-state index in [1.54, 1.807) is 12.3 Å². The molecule has 6 heteroatoms. The molecule has 0 bridgehead atoms. The highest BCUT2D eigenvalue weighted by Crippen LogP contribution is 2.37. The standard InChI is InChI=1S/C11H12Cl2N2OS/c1-2-3-14-5-7-6-16-11(15-7)8-4-9(12)17-10(8)13/h4,6,14H,2-3,5H2,1H3. The number of halogens is 2. The van der Waals surface area contributed by atoms with Gasteiger partial charge in [-0.2, -0.15) is 0 Å². The van der Waals surface area contributed by atoms with E-state index in [9.17, 15) is 0 Å². The van der Waals surface area contributed by atoms with Crippen molar-refractivity contribution < 1.29 is 4.42 Å². The third kappa shape index (κ3) is 3.22. The van der Waals surface area contributed by atoms with E-state index in [2.05, 4.69) is 17.2 Å². The molecule has 92 valence electrons. The minimum absolute atomic E-state index is 0.520. The molecule has 0 atom stereocenters. The molecule has 0 fully saturated rings. The van der Waals surface area contributed by atoms with Crippen LogP contribution in [0, 0.1) is 0 Å². The number of rotatable bonds is 5. The van der Waals surface area contributed by atoms with Gasteiger partial charge in [-0.3, -0.25) is 0 Å². The molecule has 0 spiro atoms. The summed E-state index contributed by atoms with van der Waals surface area (Å²) in [5, 5.41) is 3.26. The summed E-state index contributed by atoms with van der Waals surface area (Å²) in [6.07, 6.45) is 2.73. The van der Waals surface area contributed by atoms with Gasteiger partial charge < -0.3 is 9.73 Å². The Bertz CT molecular complexity index is 495. The van der Waals surface area contributed by atoms with Gasteiger partial charge in [0.25, 0.3) is 0 Å². The van der Waals surface area contributed by atoms with Crippen LogP contribution < -0.4 is 5.32 Å². The third-order valence-corrected chi connectivity index (χ3v) is 3.66. The number of hydrogen-bond acceptors (Lipinski definition) is 4. The molecule has 0 saturated heterocycles. The van der Waals surface area contributed by atoms with Crippen molar-refractivity contribution in [3.8, 4) is 11.5 Å². The zero-order chi connectivity index (χ0) is 12.3. The van der Waals surface area contributed by atoms with Gasteiger partial charge >= 0.3 is 0 Å². The predicted octanol–water partition coefficient (Wildman–Crippen LogP) is 4.21. The van der Waals surface area contributed by atoms with Gasteiger partial charge in [0.2, 0.25) is 5.89 Å². The summed E-state index contributed by atoms with van der Waals surface area (Å²) in [6.45, 7) is 3.79. The molecule has 0 unspecified atom stereocenters. The Hall–Kier alpha value is -0.550. The Morgan fingerprint density at radius 2 is 2.29 bits per heavy atom. The molecule has 0 aliphatic heterocycles. The second-order valence-corrected chi connectivity index (χ2v) is 5.84.